The van der Waals surface area contributed by atoms with Crippen molar-refractivity contribution in [1.82, 2.24) is 10.3 Å². The van der Waals surface area contributed by atoms with Gasteiger partial charge in [0.1, 0.15) is 12.4 Å². The Labute approximate surface area is 188 Å². The summed E-state index contributed by atoms with van der Waals surface area (Å²) < 4.78 is 16.7. The van der Waals surface area contributed by atoms with Crippen molar-refractivity contribution in [2.45, 2.75) is 40.2 Å². The second-order valence-corrected chi connectivity index (χ2v) is 7.24. The van der Waals surface area contributed by atoms with Gasteiger partial charge in [-0.25, -0.2) is 9.59 Å². The van der Waals surface area contributed by atoms with Gasteiger partial charge >= 0.3 is 11.9 Å². The Morgan fingerprint density at radius 1 is 0.906 bits per heavy atom. The van der Waals surface area contributed by atoms with Crippen molar-refractivity contribution in [2.75, 3.05) is 13.2 Å². The van der Waals surface area contributed by atoms with Gasteiger partial charge in [-0.2, -0.15) is 0 Å². The third kappa shape index (κ3) is 4.99. The molecule has 1 aromatic heterocycles. The fourth-order valence-electron chi connectivity index (χ4n) is 3.70. The lowest BCUT2D eigenvalue weighted by molar-refractivity contribution is -0.139. The van der Waals surface area contributed by atoms with E-state index >= 15 is 0 Å². The Morgan fingerprint density at radius 2 is 1.50 bits per heavy atom. The molecule has 3 rings (SSSR count). The first-order valence-corrected chi connectivity index (χ1v) is 10.6. The maximum atomic E-state index is 13.0. The molecule has 0 bridgehead atoms. The fraction of sp³-hybridized carbons (Fsp3) is 0.320. The van der Waals surface area contributed by atoms with Gasteiger partial charge in [0.05, 0.1) is 36.0 Å². The Bertz CT molecular complexity index is 1000. The molecule has 0 fully saturated rings. The topological polar surface area (TPSA) is 86.8 Å². The van der Waals surface area contributed by atoms with Crippen LogP contribution in [0.3, 0.4) is 0 Å². The second-order valence-electron chi connectivity index (χ2n) is 7.24. The lowest BCUT2D eigenvalue weighted by Gasteiger charge is -2.30. The van der Waals surface area contributed by atoms with Gasteiger partial charge < -0.3 is 19.5 Å². The van der Waals surface area contributed by atoms with Crippen molar-refractivity contribution in [1.29, 1.82) is 0 Å². The van der Waals surface area contributed by atoms with E-state index < -0.39 is 17.9 Å². The van der Waals surface area contributed by atoms with Crippen LogP contribution in [-0.4, -0.2) is 30.1 Å². The molecule has 1 N–H and O–H groups in total. The van der Waals surface area contributed by atoms with E-state index in [4.69, 9.17) is 14.2 Å². The minimum absolute atomic E-state index is 0.208. The van der Waals surface area contributed by atoms with E-state index in [1.807, 2.05) is 30.3 Å². The zero-order valence-corrected chi connectivity index (χ0v) is 18.8. The zero-order chi connectivity index (χ0) is 23.1. The molecule has 1 aromatic carbocycles. The summed E-state index contributed by atoms with van der Waals surface area (Å²) in [5.74, 6) is -1.35. The molecule has 0 amide bonds. The molecule has 2 aromatic rings. The van der Waals surface area contributed by atoms with Gasteiger partial charge in [0.15, 0.2) is 0 Å². The average molecular weight is 437 g/mol. The number of carbonyl (C=O) groups is 2. The van der Waals surface area contributed by atoms with Crippen LogP contribution < -0.4 is 10.1 Å². The highest BCUT2D eigenvalue weighted by molar-refractivity contribution is 5.99. The highest BCUT2D eigenvalue weighted by Crippen LogP contribution is 2.41. The molecule has 0 unspecified atom stereocenters. The molecule has 0 saturated carbocycles. The number of benzene rings is 1. The van der Waals surface area contributed by atoms with E-state index in [0.29, 0.717) is 40.6 Å². The summed E-state index contributed by atoms with van der Waals surface area (Å²) in [7, 11) is 0. The molecule has 1 aliphatic rings. The minimum Gasteiger partial charge on any atom is -0.487 e. The number of dihydropyridines is 1. The lowest BCUT2D eigenvalue weighted by Crippen LogP contribution is -2.33. The summed E-state index contributed by atoms with van der Waals surface area (Å²) >= 11 is 0. The molecule has 0 saturated heterocycles. The Hall–Kier alpha value is -3.61. The maximum absolute atomic E-state index is 13.0. The maximum Gasteiger partial charge on any atom is 0.336 e. The quantitative estimate of drug-likeness (QED) is 0.626. The molecule has 0 spiro atoms. The van der Waals surface area contributed by atoms with Crippen LogP contribution in [0.5, 0.6) is 5.75 Å². The van der Waals surface area contributed by atoms with Gasteiger partial charge in [-0.15, -0.1) is 0 Å². The van der Waals surface area contributed by atoms with Crippen LogP contribution in [-0.2, 0) is 25.7 Å². The summed E-state index contributed by atoms with van der Waals surface area (Å²) in [4.78, 5) is 30.4. The molecule has 1 aliphatic heterocycles. The van der Waals surface area contributed by atoms with Gasteiger partial charge in [0.2, 0.25) is 0 Å². The van der Waals surface area contributed by atoms with E-state index in [9.17, 15) is 9.59 Å². The predicted molar refractivity (Wildman–Crippen MR) is 120 cm³/mol. The molecular formula is C25H28N2O5. The van der Waals surface area contributed by atoms with E-state index in [1.165, 1.54) is 0 Å². The summed E-state index contributed by atoms with van der Waals surface area (Å²) in [6.07, 6.45) is 1.61. The number of nitrogens with one attached hydrogen (secondary N) is 1. The third-order valence-electron chi connectivity index (χ3n) is 5.06. The van der Waals surface area contributed by atoms with Crippen molar-refractivity contribution < 1.29 is 23.8 Å². The monoisotopic (exact) mass is 436 g/mol. The van der Waals surface area contributed by atoms with E-state index in [1.54, 1.807) is 46.0 Å². The van der Waals surface area contributed by atoms with E-state index in [-0.39, 0.29) is 13.2 Å². The number of allylic oxidation sites excluding steroid dienone is 2. The standard InChI is InChI=1S/C25H28N2O5/c1-5-30-24(28)20-16(3)27-17(4)21(25(29)31-6-2)22(20)23-19(13-10-14-26-23)32-15-18-11-8-7-9-12-18/h7-14,22,27H,5-6,15H2,1-4H3. The molecule has 0 radical (unpaired) electrons. The first-order chi connectivity index (χ1) is 15.5. The van der Waals surface area contributed by atoms with Gasteiger partial charge in [0, 0.05) is 17.6 Å². The molecule has 0 aliphatic carbocycles. The number of hydrogen-bond donors (Lipinski definition) is 1. The van der Waals surface area contributed by atoms with Crippen LogP contribution in [0.2, 0.25) is 0 Å². The normalized spacial score (nSPS) is 14.1. The molecule has 7 nitrogen and oxygen atoms in total. The molecule has 2 heterocycles. The van der Waals surface area contributed by atoms with Crippen molar-refractivity contribution in [3.8, 4) is 5.75 Å². The molecular weight excluding hydrogens is 408 g/mol. The van der Waals surface area contributed by atoms with E-state index in [0.717, 1.165) is 5.56 Å². The average Bonchev–Trinajstić information content (AvgIpc) is 2.78. The number of esters is 2. The highest BCUT2D eigenvalue weighted by atomic mass is 16.5. The van der Waals surface area contributed by atoms with Gasteiger partial charge in [-0.05, 0) is 45.4 Å². The SMILES string of the molecule is CCOC(=O)C1=C(C)NC(C)=C(C(=O)OCC)C1c1ncccc1OCc1ccccc1. The second kappa shape index (κ2) is 10.6. The van der Waals surface area contributed by atoms with Crippen LogP contribution in [0.4, 0.5) is 0 Å². The Morgan fingerprint density at radius 3 is 2.06 bits per heavy atom. The molecule has 168 valence electrons. The number of pyridine rings is 1. The van der Waals surface area contributed by atoms with Crippen LogP contribution in [0, 0.1) is 0 Å². The number of rotatable bonds is 8. The van der Waals surface area contributed by atoms with Crippen LogP contribution in [0.15, 0.2) is 71.2 Å². The van der Waals surface area contributed by atoms with Gasteiger partial charge in [0.25, 0.3) is 0 Å². The van der Waals surface area contributed by atoms with Gasteiger partial charge in [-0.1, -0.05) is 30.3 Å². The molecule has 32 heavy (non-hydrogen) atoms. The minimum atomic E-state index is -0.790. The van der Waals surface area contributed by atoms with Crippen LogP contribution >= 0.6 is 0 Å². The number of nitrogens with zero attached hydrogens (tertiary/aromatic N) is 1. The lowest BCUT2D eigenvalue weighted by atomic mass is 9.82. The first kappa shape index (κ1) is 23.1. The zero-order valence-electron chi connectivity index (χ0n) is 18.8. The van der Waals surface area contributed by atoms with Crippen molar-refractivity contribution in [3.63, 3.8) is 0 Å². The summed E-state index contributed by atoms with van der Waals surface area (Å²) in [6.45, 7) is 7.76. The number of hydrogen-bond acceptors (Lipinski definition) is 7. The highest BCUT2D eigenvalue weighted by Gasteiger charge is 2.40. The van der Waals surface area contributed by atoms with Gasteiger partial charge in [-0.3, -0.25) is 4.98 Å². The third-order valence-corrected chi connectivity index (χ3v) is 5.06. The smallest absolute Gasteiger partial charge is 0.336 e. The van der Waals surface area contributed by atoms with Crippen LogP contribution in [0.1, 0.15) is 44.9 Å². The summed E-state index contributed by atoms with van der Waals surface area (Å²) in [5, 5.41) is 3.12. The van der Waals surface area contributed by atoms with Crippen LogP contribution in [0.25, 0.3) is 0 Å². The van der Waals surface area contributed by atoms with Crippen molar-refractivity contribution in [2.24, 2.45) is 0 Å². The number of aromatic nitrogens is 1. The molecule has 7 heteroatoms. The Balaban J connectivity index is 2.09. The van der Waals surface area contributed by atoms with Crippen molar-refractivity contribution in [3.05, 3.63) is 82.5 Å². The summed E-state index contributed by atoms with van der Waals surface area (Å²) in [6, 6.07) is 13.3. The predicted octanol–water partition coefficient (Wildman–Crippen LogP) is 4.02. The first-order valence-electron chi connectivity index (χ1n) is 10.6. The van der Waals surface area contributed by atoms with E-state index in [2.05, 4.69) is 10.3 Å². The fourth-order valence-corrected chi connectivity index (χ4v) is 3.70. The summed E-state index contributed by atoms with van der Waals surface area (Å²) in [5.41, 5.74) is 3.25. The Kier molecular flexibility index (Phi) is 7.65. The van der Waals surface area contributed by atoms with Crippen molar-refractivity contribution >= 4 is 11.9 Å². The number of carbonyl (C=O) groups excluding carboxylic acids is 2. The molecule has 0 atom stereocenters. The largest absolute Gasteiger partial charge is 0.487 e. The number of ether oxygens (including phenoxy) is 3.